The molecule has 0 amide bonds. The molecule has 3 aliphatic heterocycles. The van der Waals surface area contributed by atoms with Crippen molar-refractivity contribution in [2.75, 3.05) is 28.3 Å². The van der Waals surface area contributed by atoms with Crippen LogP contribution in [-0.2, 0) is 42.7 Å². The fourth-order valence-corrected chi connectivity index (χ4v) is 8.11. The Balaban J connectivity index is 2.19. The van der Waals surface area contributed by atoms with Crippen molar-refractivity contribution in [1.82, 2.24) is 4.90 Å². The van der Waals surface area contributed by atoms with Crippen LogP contribution in [0.1, 0.15) is 94.4 Å². The maximum Gasteiger partial charge on any atom is 0.311 e. The molecule has 0 aromatic rings. The van der Waals surface area contributed by atoms with Crippen molar-refractivity contribution >= 4 is 11.8 Å². The summed E-state index contributed by atoms with van der Waals surface area (Å²) < 4.78 is 43.7. The van der Waals surface area contributed by atoms with E-state index in [0.717, 1.165) is 0 Å². The van der Waals surface area contributed by atoms with E-state index in [0.29, 0.717) is 6.42 Å². The summed E-state index contributed by atoms with van der Waals surface area (Å²) in [6, 6.07) is -0.279. The average molecular weight is 734 g/mol. The van der Waals surface area contributed by atoms with Crippen LogP contribution < -0.4 is 0 Å². The normalized spacial score (nSPS) is 48.3. The van der Waals surface area contributed by atoms with Crippen LogP contribution in [0.25, 0.3) is 0 Å². The van der Waals surface area contributed by atoms with Gasteiger partial charge in [-0.1, -0.05) is 20.8 Å². The average Bonchev–Trinajstić information content (AvgIpc) is 3.06. The Morgan fingerprint density at radius 3 is 2.06 bits per heavy atom. The van der Waals surface area contributed by atoms with Gasteiger partial charge in [0, 0.05) is 44.9 Å². The second kappa shape index (κ2) is 17.4. The molecule has 0 saturated carbocycles. The standard InChI is InChI=1S/C37H67NO13/c1-14-27-37(9,44)26(40)16-25(39)19(2)17-36(8,46-13)32(51-34-29(41)24(38(10)11)15-20(3)47-34)21(4)30(22(5)33(43)49-27)50-28-18-35(7,45-12)31(42)23(6)48-28/h19-24,26-32,34,40-42,44H,14-18H2,1-13H3. The van der Waals surface area contributed by atoms with Gasteiger partial charge in [0.2, 0.25) is 0 Å². The maximum atomic E-state index is 14.1. The van der Waals surface area contributed by atoms with Gasteiger partial charge in [0.1, 0.15) is 29.7 Å². The zero-order valence-electron chi connectivity index (χ0n) is 33.0. The maximum absolute atomic E-state index is 14.1. The number of nitrogens with zero attached hydrogens (tertiary/aromatic N) is 1. The van der Waals surface area contributed by atoms with Gasteiger partial charge < -0.3 is 58.5 Å². The van der Waals surface area contributed by atoms with Gasteiger partial charge in [-0.3, -0.25) is 9.59 Å². The molecule has 51 heavy (non-hydrogen) atoms. The predicted octanol–water partition coefficient (Wildman–Crippen LogP) is 2.19. The van der Waals surface area contributed by atoms with E-state index >= 15 is 0 Å². The zero-order chi connectivity index (χ0) is 38.8. The van der Waals surface area contributed by atoms with Crippen LogP contribution in [0, 0.1) is 17.8 Å². The van der Waals surface area contributed by atoms with Gasteiger partial charge in [0.05, 0.1) is 47.6 Å². The van der Waals surface area contributed by atoms with Crippen molar-refractivity contribution in [2.45, 2.75) is 179 Å². The van der Waals surface area contributed by atoms with Crippen LogP contribution in [0.5, 0.6) is 0 Å². The lowest BCUT2D eigenvalue weighted by molar-refractivity contribution is -0.319. The Morgan fingerprint density at radius 2 is 1.51 bits per heavy atom. The number of ketones is 1. The lowest BCUT2D eigenvalue weighted by Crippen LogP contribution is -2.61. The Labute approximate surface area is 304 Å². The van der Waals surface area contributed by atoms with Crippen LogP contribution in [0.3, 0.4) is 0 Å². The lowest BCUT2D eigenvalue weighted by atomic mass is 9.76. The molecular weight excluding hydrogens is 666 g/mol. The minimum atomic E-state index is -1.94. The number of methoxy groups -OCH3 is 2. The molecule has 0 aromatic heterocycles. The number of carbonyl (C=O) groups excluding carboxylic acids is 2. The van der Waals surface area contributed by atoms with Crippen LogP contribution in [-0.4, -0.2) is 150 Å². The van der Waals surface area contributed by atoms with Crippen molar-refractivity contribution in [3.63, 3.8) is 0 Å². The summed E-state index contributed by atoms with van der Waals surface area (Å²) in [6.45, 7) is 15.5. The first-order valence-electron chi connectivity index (χ1n) is 18.4. The highest BCUT2D eigenvalue weighted by Crippen LogP contribution is 2.41. The number of aliphatic hydroxyl groups is 4. The Bertz CT molecular complexity index is 1160. The summed E-state index contributed by atoms with van der Waals surface area (Å²) >= 11 is 0. The summed E-state index contributed by atoms with van der Waals surface area (Å²) in [5.74, 6) is -3.41. The number of Topliss-reactive ketones (excluding diaryl/α,β-unsaturated/α-hetero) is 1. The zero-order valence-corrected chi connectivity index (χ0v) is 33.0. The summed E-state index contributed by atoms with van der Waals surface area (Å²) in [5, 5.41) is 45.1. The van der Waals surface area contributed by atoms with Crippen molar-refractivity contribution < 1.29 is 63.2 Å². The number of esters is 1. The molecule has 3 saturated heterocycles. The molecule has 0 bridgehead atoms. The van der Waals surface area contributed by atoms with Gasteiger partial charge >= 0.3 is 5.97 Å². The molecule has 14 nitrogen and oxygen atoms in total. The molecule has 17 unspecified atom stereocenters. The number of likely N-dealkylation sites (N-methyl/N-ethyl adjacent to an activating group) is 1. The molecule has 17 atom stereocenters. The molecular formula is C37H67NO13. The van der Waals surface area contributed by atoms with Crippen molar-refractivity contribution in [3.8, 4) is 0 Å². The van der Waals surface area contributed by atoms with Gasteiger partial charge in [-0.15, -0.1) is 0 Å². The van der Waals surface area contributed by atoms with Crippen LogP contribution in [0.2, 0.25) is 0 Å². The van der Waals surface area contributed by atoms with Crippen molar-refractivity contribution in [1.29, 1.82) is 0 Å². The smallest absolute Gasteiger partial charge is 0.311 e. The van der Waals surface area contributed by atoms with E-state index in [-0.39, 0.29) is 43.6 Å². The van der Waals surface area contributed by atoms with Crippen LogP contribution >= 0.6 is 0 Å². The first kappa shape index (κ1) is 44.1. The SMILES string of the molecule is CCC1OC(=O)C(C)C(OC2CC(C)(OC)C(O)C(C)O2)C(C)C(OC2OC(C)CC(N(C)C)C2O)C(C)(OC)CC(C)C(=O)CC(O)C1(C)O. The number of cyclic esters (lactones) is 1. The third-order valence-corrected chi connectivity index (χ3v) is 11.9. The van der Waals surface area contributed by atoms with Gasteiger partial charge in [-0.25, -0.2) is 0 Å². The fourth-order valence-electron chi connectivity index (χ4n) is 8.11. The fraction of sp³-hybridized carbons (Fsp3) is 0.946. The molecule has 3 aliphatic rings. The minimum absolute atomic E-state index is 0.120. The van der Waals surface area contributed by atoms with E-state index in [1.54, 1.807) is 41.5 Å². The predicted molar refractivity (Wildman–Crippen MR) is 187 cm³/mol. The topological polar surface area (TPSA) is 183 Å². The molecule has 0 aliphatic carbocycles. The Hall–Kier alpha value is -1.30. The van der Waals surface area contributed by atoms with Gasteiger partial charge in [-0.2, -0.15) is 0 Å². The third-order valence-electron chi connectivity index (χ3n) is 11.9. The summed E-state index contributed by atoms with van der Waals surface area (Å²) in [4.78, 5) is 29.7. The van der Waals surface area contributed by atoms with Gasteiger partial charge in [-0.05, 0) is 74.9 Å². The Morgan fingerprint density at radius 1 is 0.902 bits per heavy atom. The number of hydrogen-bond acceptors (Lipinski definition) is 14. The quantitative estimate of drug-likeness (QED) is 0.267. The second-order valence-corrected chi connectivity index (χ2v) is 16.2. The number of carbonyl (C=O) groups is 2. The number of aliphatic hydroxyl groups excluding tert-OH is 3. The van der Waals surface area contributed by atoms with E-state index in [9.17, 15) is 30.0 Å². The molecule has 298 valence electrons. The number of ether oxygens (including phenoxy) is 7. The molecule has 0 aromatic carbocycles. The van der Waals surface area contributed by atoms with E-state index < -0.39 is 95.8 Å². The van der Waals surface area contributed by atoms with Crippen molar-refractivity contribution in [2.24, 2.45) is 17.8 Å². The lowest BCUT2D eigenvalue weighted by Gasteiger charge is -2.49. The summed E-state index contributed by atoms with van der Waals surface area (Å²) in [6.07, 6.45) is -9.00. The van der Waals surface area contributed by atoms with E-state index in [2.05, 4.69) is 0 Å². The van der Waals surface area contributed by atoms with E-state index in [1.165, 1.54) is 21.1 Å². The Kier molecular flexibility index (Phi) is 15.1. The molecule has 3 fully saturated rings. The highest BCUT2D eigenvalue weighted by atomic mass is 16.7. The van der Waals surface area contributed by atoms with Gasteiger partial charge in [0.15, 0.2) is 12.6 Å². The summed E-state index contributed by atoms with van der Waals surface area (Å²) in [5.41, 5.74) is -4.20. The van der Waals surface area contributed by atoms with E-state index in [4.69, 9.17) is 33.2 Å². The monoisotopic (exact) mass is 733 g/mol. The van der Waals surface area contributed by atoms with Gasteiger partial charge in [0.25, 0.3) is 0 Å². The van der Waals surface area contributed by atoms with Crippen LogP contribution in [0.15, 0.2) is 0 Å². The molecule has 14 heteroatoms. The molecule has 0 radical (unpaired) electrons. The first-order valence-corrected chi connectivity index (χ1v) is 18.4. The molecule has 4 N–H and O–H groups in total. The molecule has 3 heterocycles. The largest absolute Gasteiger partial charge is 0.459 e. The van der Waals surface area contributed by atoms with Crippen LogP contribution in [0.4, 0.5) is 0 Å². The highest BCUT2D eigenvalue weighted by Gasteiger charge is 2.53. The molecule has 0 spiro atoms. The highest BCUT2D eigenvalue weighted by molar-refractivity contribution is 5.81. The third kappa shape index (κ3) is 9.69. The van der Waals surface area contributed by atoms with Crippen molar-refractivity contribution in [3.05, 3.63) is 0 Å². The molecule has 3 rings (SSSR count). The first-order chi connectivity index (χ1) is 23.6. The van der Waals surface area contributed by atoms with E-state index in [1.807, 2.05) is 32.8 Å². The second-order valence-electron chi connectivity index (χ2n) is 16.2. The number of rotatable bonds is 8. The minimum Gasteiger partial charge on any atom is -0.459 e. The summed E-state index contributed by atoms with van der Waals surface area (Å²) in [7, 11) is 6.76. The number of hydrogen-bond donors (Lipinski definition) is 4.